The molecule has 1 aromatic rings. The van der Waals surface area contributed by atoms with E-state index in [4.69, 9.17) is 0 Å². The molecular weight excluding hydrogens is 458 g/mol. The third-order valence-corrected chi connectivity index (χ3v) is 8.63. The van der Waals surface area contributed by atoms with E-state index in [9.17, 15) is 0 Å². The SMILES string of the molecule is CCCCCCCCCCCCCCC(CCCCCCCCCCCC)CCC(C)Nc1ccccc1. The van der Waals surface area contributed by atoms with Crippen molar-refractivity contribution in [3.63, 3.8) is 0 Å². The molecule has 0 spiro atoms. The number of hydrogen-bond donors (Lipinski definition) is 1. The fourth-order valence-corrected chi connectivity index (χ4v) is 6.00. The molecule has 1 heteroatoms. The molecule has 38 heavy (non-hydrogen) atoms. The van der Waals surface area contributed by atoms with E-state index in [-0.39, 0.29) is 0 Å². The van der Waals surface area contributed by atoms with Crippen molar-refractivity contribution in [3.05, 3.63) is 30.3 Å². The maximum Gasteiger partial charge on any atom is 0.0342 e. The van der Waals surface area contributed by atoms with E-state index >= 15 is 0 Å². The zero-order chi connectivity index (χ0) is 27.4. The Bertz CT molecular complexity index is 567. The van der Waals surface area contributed by atoms with Crippen molar-refractivity contribution in [2.75, 3.05) is 5.32 Å². The summed E-state index contributed by atoms with van der Waals surface area (Å²) in [5.74, 6) is 0.937. The highest BCUT2D eigenvalue weighted by atomic mass is 14.9. The Balaban J connectivity index is 2.18. The molecule has 2 unspecified atom stereocenters. The van der Waals surface area contributed by atoms with Gasteiger partial charge in [0.2, 0.25) is 0 Å². The predicted octanol–water partition coefficient (Wildman–Crippen LogP) is 13.3. The van der Waals surface area contributed by atoms with Gasteiger partial charge in [0.05, 0.1) is 0 Å². The number of para-hydroxylation sites is 1. The summed E-state index contributed by atoms with van der Waals surface area (Å²) >= 11 is 0. The molecule has 1 nitrogen and oxygen atoms in total. The first-order valence-corrected chi connectivity index (χ1v) is 17.6. The summed E-state index contributed by atoms with van der Waals surface area (Å²) < 4.78 is 0. The van der Waals surface area contributed by atoms with E-state index in [0.717, 1.165) is 5.92 Å². The lowest BCUT2D eigenvalue weighted by Crippen LogP contribution is -2.16. The van der Waals surface area contributed by atoms with Crippen molar-refractivity contribution in [1.29, 1.82) is 0 Å². The van der Waals surface area contributed by atoms with Crippen LogP contribution in [0.15, 0.2) is 30.3 Å². The normalized spacial score (nSPS) is 13.0. The van der Waals surface area contributed by atoms with Crippen molar-refractivity contribution in [3.8, 4) is 0 Å². The largest absolute Gasteiger partial charge is 0.383 e. The molecule has 0 bridgehead atoms. The molecule has 0 amide bonds. The fraction of sp³-hybridized carbons (Fsp3) is 0.838. The molecule has 0 radical (unpaired) electrons. The van der Waals surface area contributed by atoms with Gasteiger partial charge in [-0.15, -0.1) is 0 Å². The third-order valence-electron chi connectivity index (χ3n) is 8.63. The molecule has 2 atom stereocenters. The number of nitrogens with one attached hydrogen (secondary N) is 1. The topological polar surface area (TPSA) is 12.0 Å². The van der Waals surface area contributed by atoms with E-state index in [2.05, 4.69) is 56.4 Å². The van der Waals surface area contributed by atoms with Gasteiger partial charge in [-0.3, -0.25) is 0 Å². The number of hydrogen-bond acceptors (Lipinski definition) is 1. The highest BCUT2D eigenvalue weighted by molar-refractivity contribution is 5.43. The predicted molar refractivity (Wildman–Crippen MR) is 174 cm³/mol. The van der Waals surface area contributed by atoms with Gasteiger partial charge in [-0.1, -0.05) is 186 Å². The van der Waals surface area contributed by atoms with Crippen LogP contribution in [0.4, 0.5) is 5.69 Å². The summed E-state index contributed by atoms with van der Waals surface area (Å²) in [6.45, 7) is 6.99. The summed E-state index contributed by atoms with van der Waals surface area (Å²) in [7, 11) is 0. The number of unbranched alkanes of at least 4 members (excludes halogenated alkanes) is 20. The Morgan fingerprint density at radius 2 is 0.816 bits per heavy atom. The minimum absolute atomic E-state index is 0.564. The highest BCUT2D eigenvalue weighted by Crippen LogP contribution is 2.25. The van der Waals surface area contributed by atoms with Crippen LogP contribution in [-0.4, -0.2) is 6.04 Å². The first kappa shape index (κ1) is 35.0. The molecule has 1 N–H and O–H groups in total. The van der Waals surface area contributed by atoms with Crippen LogP contribution in [0.1, 0.15) is 188 Å². The quantitative estimate of drug-likeness (QED) is 0.102. The molecule has 1 rings (SSSR count). The summed E-state index contributed by atoms with van der Waals surface area (Å²) in [4.78, 5) is 0. The van der Waals surface area contributed by atoms with Crippen molar-refractivity contribution < 1.29 is 0 Å². The summed E-state index contributed by atoms with van der Waals surface area (Å²) in [5.41, 5.74) is 1.27. The Labute approximate surface area is 240 Å². The molecule has 0 saturated carbocycles. The van der Waals surface area contributed by atoms with Crippen LogP contribution in [0.25, 0.3) is 0 Å². The lowest BCUT2D eigenvalue weighted by atomic mass is 9.89. The van der Waals surface area contributed by atoms with Crippen molar-refractivity contribution >= 4 is 5.69 Å². The van der Waals surface area contributed by atoms with Gasteiger partial charge < -0.3 is 5.32 Å². The van der Waals surface area contributed by atoms with Crippen LogP contribution in [0.3, 0.4) is 0 Å². The van der Waals surface area contributed by atoms with Crippen LogP contribution in [0.2, 0.25) is 0 Å². The van der Waals surface area contributed by atoms with Crippen LogP contribution in [0, 0.1) is 5.92 Å². The van der Waals surface area contributed by atoms with Crippen LogP contribution in [-0.2, 0) is 0 Å². The molecular formula is C37H69N. The van der Waals surface area contributed by atoms with E-state index in [1.165, 1.54) is 173 Å². The molecule has 1 aromatic carbocycles. The van der Waals surface area contributed by atoms with E-state index < -0.39 is 0 Å². The number of anilines is 1. The molecule has 0 heterocycles. The third kappa shape index (κ3) is 23.0. The lowest BCUT2D eigenvalue weighted by Gasteiger charge is -2.21. The Kier molecular flexibility index (Phi) is 25.4. The second kappa shape index (κ2) is 27.6. The van der Waals surface area contributed by atoms with Crippen LogP contribution >= 0.6 is 0 Å². The zero-order valence-corrected chi connectivity index (χ0v) is 26.4. The lowest BCUT2D eigenvalue weighted by molar-refractivity contribution is 0.365. The Hall–Kier alpha value is -0.980. The summed E-state index contributed by atoms with van der Waals surface area (Å²) in [6.07, 6.45) is 37.6. The van der Waals surface area contributed by atoms with Crippen LogP contribution < -0.4 is 5.32 Å². The van der Waals surface area contributed by atoms with Crippen LogP contribution in [0.5, 0.6) is 0 Å². The smallest absolute Gasteiger partial charge is 0.0342 e. The highest BCUT2D eigenvalue weighted by Gasteiger charge is 2.11. The van der Waals surface area contributed by atoms with Gasteiger partial charge >= 0.3 is 0 Å². The van der Waals surface area contributed by atoms with Gasteiger partial charge in [0.1, 0.15) is 0 Å². The second-order valence-corrected chi connectivity index (χ2v) is 12.5. The van der Waals surface area contributed by atoms with Gasteiger partial charge in [0.15, 0.2) is 0 Å². The Morgan fingerprint density at radius 3 is 1.21 bits per heavy atom. The Morgan fingerprint density at radius 1 is 0.447 bits per heavy atom. The van der Waals surface area contributed by atoms with Gasteiger partial charge in [-0.2, -0.15) is 0 Å². The first-order chi connectivity index (χ1) is 18.8. The van der Waals surface area contributed by atoms with Gasteiger partial charge in [0, 0.05) is 11.7 Å². The average Bonchev–Trinajstić information content (AvgIpc) is 2.93. The molecule has 0 aromatic heterocycles. The number of rotatable bonds is 29. The minimum Gasteiger partial charge on any atom is -0.383 e. The first-order valence-electron chi connectivity index (χ1n) is 17.6. The molecule has 0 fully saturated rings. The maximum atomic E-state index is 3.72. The van der Waals surface area contributed by atoms with E-state index in [0.29, 0.717) is 6.04 Å². The molecule has 0 aliphatic carbocycles. The van der Waals surface area contributed by atoms with Gasteiger partial charge in [0.25, 0.3) is 0 Å². The zero-order valence-electron chi connectivity index (χ0n) is 26.4. The summed E-state index contributed by atoms with van der Waals surface area (Å²) in [5, 5.41) is 3.72. The standard InChI is InChI=1S/C37H69N/c1-4-6-8-10-12-14-16-17-19-21-23-26-30-36(29-25-22-20-18-15-13-11-9-7-5-2)34-33-35(3)38-37-31-27-24-28-32-37/h24,27-28,31-32,35-36,38H,4-23,25-26,29-30,33-34H2,1-3H3. The fourth-order valence-electron chi connectivity index (χ4n) is 6.00. The van der Waals surface area contributed by atoms with Gasteiger partial charge in [-0.05, 0) is 37.8 Å². The molecule has 0 saturated heterocycles. The van der Waals surface area contributed by atoms with E-state index in [1.807, 2.05) is 0 Å². The second-order valence-electron chi connectivity index (χ2n) is 12.5. The molecule has 0 aliphatic rings. The maximum absolute atomic E-state index is 3.72. The number of benzene rings is 1. The van der Waals surface area contributed by atoms with E-state index in [1.54, 1.807) is 0 Å². The molecule has 222 valence electrons. The van der Waals surface area contributed by atoms with Crippen molar-refractivity contribution in [1.82, 2.24) is 0 Å². The average molecular weight is 528 g/mol. The van der Waals surface area contributed by atoms with Crippen molar-refractivity contribution in [2.45, 2.75) is 194 Å². The van der Waals surface area contributed by atoms with Crippen molar-refractivity contribution in [2.24, 2.45) is 5.92 Å². The molecule has 0 aliphatic heterocycles. The minimum atomic E-state index is 0.564. The van der Waals surface area contributed by atoms with Gasteiger partial charge in [-0.25, -0.2) is 0 Å². The summed E-state index contributed by atoms with van der Waals surface area (Å²) in [6, 6.07) is 11.3. The monoisotopic (exact) mass is 528 g/mol.